The average Bonchev–Trinajstić information content (AvgIpc) is 3.39. The van der Waals surface area contributed by atoms with Crippen LogP contribution < -0.4 is 11.1 Å². The van der Waals surface area contributed by atoms with E-state index in [1.807, 2.05) is 29.2 Å². The van der Waals surface area contributed by atoms with Gasteiger partial charge in [0.1, 0.15) is 5.82 Å². The van der Waals surface area contributed by atoms with Crippen LogP contribution in [0.5, 0.6) is 0 Å². The Balaban J connectivity index is 1.62. The number of anilines is 1. The molecule has 0 radical (unpaired) electrons. The predicted octanol–water partition coefficient (Wildman–Crippen LogP) is 3.10. The van der Waals surface area contributed by atoms with E-state index in [1.165, 1.54) is 11.3 Å². The number of nitrogens with two attached hydrogens (primary N) is 1. The van der Waals surface area contributed by atoms with Crippen molar-refractivity contribution in [2.45, 2.75) is 25.3 Å². The molecule has 8 heteroatoms. The highest BCUT2D eigenvalue weighted by atomic mass is 32.1. The van der Waals surface area contributed by atoms with Gasteiger partial charge in [0.2, 0.25) is 0 Å². The minimum Gasteiger partial charge on any atom is -0.383 e. The molecule has 162 valence electrons. The summed E-state index contributed by atoms with van der Waals surface area (Å²) in [4.78, 5) is 32.7. The van der Waals surface area contributed by atoms with E-state index in [2.05, 4.69) is 10.3 Å². The largest absolute Gasteiger partial charge is 0.383 e. The molecule has 2 aromatic heterocycles. The normalized spacial score (nSPS) is 16.0. The molecule has 0 bridgehead atoms. The van der Waals surface area contributed by atoms with E-state index in [4.69, 9.17) is 10.5 Å². The van der Waals surface area contributed by atoms with Crippen molar-refractivity contribution in [3.05, 3.63) is 58.6 Å². The summed E-state index contributed by atoms with van der Waals surface area (Å²) in [7, 11) is 1.61. The van der Waals surface area contributed by atoms with Gasteiger partial charge < -0.3 is 20.7 Å². The van der Waals surface area contributed by atoms with Crippen LogP contribution in [0.4, 0.5) is 5.82 Å². The molecule has 1 aromatic carbocycles. The van der Waals surface area contributed by atoms with Crippen LogP contribution >= 0.6 is 11.3 Å². The molecule has 3 aromatic rings. The number of nitrogens with zero attached hydrogens (tertiary/aromatic N) is 2. The number of benzene rings is 1. The minimum absolute atomic E-state index is 0.00985. The van der Waals surface area contributed by atoms with Gasteiger partial charge in [-0.1, -0.05) is 18.2 Å². The Hall–Kier alpha value is -2.97. The first-order chi connectivity index (χ1) is 15.1. The van der Waals surface area contributed by atoms with E-state index in [0.717, 1.165) is 28.5 Å². The lowest BCUT2D eigenvalue weighted by molar-refractivity contribution is 0.0737. The maximum atomic E-state index is 13.2. The Morgan fingerprint density at radius 3 is 2.94 bits per heavy atom. The lowest BCUT2D eigenvalue weighted by Crippen LogP contribution is -2.37. The van der Waals surface area contributed by atoms with Crippen molar-refractivity contribution in [1.29, 1.82) is 0 Å². The highest BCUT2D eigenvalue weighted by Gasteiger charge is 2.32. The van der Waals surface area contributed by atoms with Gasteiger partial charge in [-0.2, -0.15) is 0 Å². The molecule has 0 aliphatic carbocycles. The predicted molar refractivity (Wildman–Crippen MR) is 122 cm³/mol. The molecule has 1 aliphatic rings. The van der Waals surface area contributed by atoms with Crippen molar-refractivity contribution in [2.75, 3.05) is 32.5 Å². The average molecular weight is 439 g/mol. The van der Waals surface area contributed by atoms with Crippen LogP contribution in [0.2, 0.25) is 0 Å². The summed E-state index contributed by atoms with van der Waals surface area (Å²) in [6.45, 7) is 1.59. The minimum atomic E-state index is -0.0984. The Labute approximate surface area is 185 Å². The fraction of sp³-hybridized carbons (Fsp3) is 0.348. The van der Waals surface area contributed by atoms with E-state index in [-0.39, 0.29) is 23.7 Å². The number of aromatic nitrogens is 1. The number of nitrogens with one attached hydrogen (secondary N) is 1. The molecule has 1 atom stereocenters. The molecule has 1 fully saturated rings. The van der Waals surface area contributed by atoms with E-state index < -0.39 is 0 Å². The van der Waals surface area contributed by atoms with Crippen LogP contribution in [0, 0.1) is 0 Å². The standard InChI is InChI=1S/C23H26N4O3S/c1-30-13-11-26-22(28)20-18(16-7-2-3-9-19(16)31-20)14-15-6-5-12-27(15)23(29)17-8-4-10-25-21(17)24/h2-4,7-10,15H,5-6,11-14H2,1H3,(H2,24,25)(H,26,28). The summed E-state index contributed by atoms with van der Waals surface area (Å²) < 4.78 is 6.12. The Kier molecular flexibility index (Phi) is 6.48. The van der Waals surface area contributed by atoms with Crippen molar-refractivity contribution in [1.82, 2.24) is 15.2 Å². The second-order valence-corrected chi connectivity index (χ2v) is 8.64. The molecule has 0 spiro atoms. The van der Waals surface area contributed by atoms with Crippen LogP contribution in [0.25, 0.3) is 10.1 Å². The molecule has 3 heterocycles. The second kappa shape index (κ2) is 9.45. The third-order valence-electron chi connectivity index (χ3n) is 5.64. The first kappa shape index (κ1) is 21.3. The molecule has 0 saturated carbocycles. The summed E-state index contributed by atoms with van der Waals surface area (Å²) in [5.74, 6) is 0.0525. The van der Waals surface area contributed by atoms with Gasteiger partial charge in [0.15, 0.2) is 0 Å². The molecule has 1 aliphatic heterocycles. The summed E-state index contributed by atoms with van der Waals surface area (Å²) in [6.07, 6.45) is 4.03. The zero-order chi connectivity index (χ0) is 21.8. The fourth-order valence-corrected chi connectivity index (χ4v) is 5.28. The highest BCUT2D eigenvalue weighted by molar-refractivity contribution is 7.21. The van der Waals surface area contributed by atoms with Gasteiger partial charge in [0.25, 0.3) is 11.8 Å². The van der Waals surface area contributed by atoms with Gasteiger partial charge >= 0.3 is 0 Å². The molecule has 31 heavy (non-hydrogen) atoms. The third-order valence-corrected chi connectivity index (χ3v) is 6.85. The Morgan fingerprint density at radius 1 is 1.29 bits per heavy atom. The van der Waals surface area contributed by atoms with Crippen molar-refractivity contribution >= 4 is 39.1 Å². The monoisotopic (exact) mass is 438 g/mol. The number of thiophene rings is 1. The van der Waals surface area contributed by atoms with Crippen molar-refractivity contribution in [2.24, 2.45) is 0 Å². The van der Waals surface area contributed by atoms with Crippen molar-refractivity contribution in [3.8, 4) is 0 Å². The van der Waals surface area contributed by atoms with Crippen LogP contribution in [-0.4, -0.2) is 54.5 Å². The topological polar surface area (TPSA) is 97.5 Å². The number of fused-ring (bicyclic) bond motifs is 1. The van der Waals surface area contributed by atoms with Gasteiger partial charge in [-0.25, -0.2) is 4.98 Å². The number of carbonyl (C=O) groups is 2. The van der Waals surface area contributed by atoms with Crippen LogP contribution in [-0.2, 0) is 11.2 Å². The van der Waals surface area contributed by atoms with E-state index in [1.54, 1.807) is 25.4 Å². The number of carbonyl (C=O) groups excluding carboxylic acids is 2. The maximum absolute atomic E-state index is 13.2. The Bertz CT molecular complexity index is 1100. The van der Waals surface area contributed by atoms with Crippen LogP contribution in [0.15, 0.2) is 42.6 Å². The third kappa shape index (κ3) is 4.40. The number of amides is 2. The molecule has 1 saturated heterocycles. The van der Waals surface area contributed by atoms with Gasteiger partial charge in [0, 0.05) is 37.1 Å². The summed E-state index contributed by atoms with van der Waals surface area (Å²) in [6, 6.07) is 11.5. The zero-order valence-electron chi connectivity index (χ0n) is 17.5. The first-order valence-electron chi connectivity index (χ1n) is 10.4. The maximum Gasteiger partial charge on any atom is 0.261 e. The first-order valence-corrected chi connectivity index (χ1v) is 11.2. The summed E-state index contributed by atoms with van der Waals surface area (Å²) in [5, 5.41) is 4.01. The lowest BCUT2D eigenvalue weighted by Gasteiger charge is -2.25. The smallest absolute Gasteiger partial charge is 0.261 e. The molecular weight excluding hydrogens is 412 g/mol. The molecule has 7 nitrogen and oxygen atoms in total. The van der Waals surface area contributed by atoms with E-state index in [0.29, 0.717) is 36.6 Å². The number of rotatable bonds is 7. The van der Waals surface area contributed by atoms with Gasteiger partial charge in [-0.15, -0.1) is 11.3 Å². The molecule has 4 rings (SSSR count). The van der Waals surface area contributed by atoms with Crippen molar-refractivity contribution < 1.29 is 14.3 Å². The molecule has 3 N–H and O–H groups in total. The van der Waals surface area contributed by atoms with Gasteiger partial charge in [-0.05, 0) is 48.4 Å². The van der Waals surface area contributed by atoms with Crippen molar-refractivity contribution in [3.63, 3.8) is 0 Å². The van der Waals surface area contributed by atoms with Crippen LogP contribution in [0.3, 0.4) is 0 Å². The zero-order valence-corrected chi connectivity index (χ0v) is 18.3. The number of ether oxygens (including phenoxy) is 1. The fourth-order valence-electron chi connectivity index (χ4n) is 4.14. The number of nitrogen functional groups attached to an aromatic ring is 1. The molecular formula is C23H26N4O3S. The van der Waals surface area contributed by atoms with E-state index >= 15 is 0 Å². The number of likely N-dealkylation sites (tertiary alicyclic amines) is 1. The van der Waals surface area contributed by atoms with E-state index in [9.17, 15) is 9.59 Å². The number of methoxy groups -OCH3 is 1. The SMILES string of the molecule is COCCNC(=O)c1sc2ccccc2c1CC1CCCN1C(=O)c1cccnc1N. The molecule has 2 amide bonds. The summed E-state index contributed by atoms with van der Waals surface area (Å²) >= 11 is 1.50. The second-order valence-electron chi connectivity index (χ2n) is 7.59. The lowest BCUT2D eigenvalue weighted by atomic mass is 10.00. The van der Waals surface area contributed by atoms with Gasteiger partial charge in [0.05, 0.1) is 17.0 Å². The Morgan fingerprint density at radius 2 is 2.13 bits per heavy atom. The van der Waals surface area contributed by atoms with Crippen LogP contribution in [0.1, 0.15) is 38.4 Å². The number of hydrogen-bond donors (Lipinski definition) is 2. The number of hydrogen-bond acceptors (Lipinski definition) is 6. The summed E-state index contributed by atoms with van der Waals surface area (Å²) in [5.41, 5.74) is 7.38. The number of pyridine rings is 1. The van der Waals surface area contributed by atoms with Gasteiger partial charge in [-0.3, -0.25) is 9.59 Å². The highest BCUT2D eigenvalue weighted by Crippen LogP contribution is 2.35. The molecule has 1 unspecified atom stereocenters. The quantitative estimate of drug-likeness (QED) is 0.553.